The molecule has 0 aromatic heterocycles. The maximum Gasteiger partial charge on any atom is 0.430 e. The Balaban J connectivity index is 1.77. The van der Waals surface area contributed by atoms with Crippen LogP contribution in [0.1, 0.15) is 58.7 Å². The highest BCUT2D eigenvalue weighted by atomic mass is 19.4. The number of ether oxygens (including phenoxy) is 2. The lowest BCUT2D eigenvalue weighted by Crippen LogP contribution is -2.53. The maximum atomic E-state index is 13.1. The van der Waals surface area contributed by atoms with E-state index in [4.69, 9.17) is 9.47 Å². The molecule has 0 aliphatic carbocycles. The number of hydrogen-bond donors (Lipinski definition) is 0. The third kappa shape index (κ3) is 3.65. The first-order valence-electron chi connectivity index (χ1n) is 9.72. The molecule has 0 N–H and O–H groups in total. The van der Waals surface area contributed by atoms with Crippen molar-refractivity contribution in [3.8, 4) is 5.75 Å². The second-order valence-electron chi connectivity index (χ2n) is 8.37. The molecule has 2 aliphatic rings. The van der Waals surface area contributed by atoms with Crippen molar-refractivity contribution in [2.75, 3.05) is 6.61 Å². The molecule has 1 atom stereocenters. The second-order valence-corrected chi connectivity index (χ2v) is 8.37. The molecule has 4 rings (SSSR count). The Morgan fingerprint density at radius 1 is 1.06 bits per heavy atom. The van der Waals surface area contributed by atoms with Gasteiger partial charge in [-0.3, -0.25) is 9.59 Å². The number of alkyl halides is 3. The van der Waals surface area contributed by atoms with E-state index in [1.54, 1.807) is 32.9 Å². The molecule has 168 valence electrons. The topological polar surface area (TPSA) is 76.2 Å². The number of halogens is 3. The van der Waals surface area contributed by atoms with E-state index in [1.807, 2.05) is 0 Å². The van der Waals surface area contributed by atoms with Gasteiger partial charge in [-0.25, -0.2) is 4.79 Å². The van der Waals surface area contributed by atoms with E-state index >= 15 is 0 Å². The molecule has 2 heterocycles. The van der Waals surface area contributed by atoms with Crippen LogP contribution in [-0.4, -0.2) is 40.1 Å². The summed E-state index contributed by atoms with van der Waals surface area (Å²) in [5.74, 6) is -1.57. The number of imide groups is 1. The lowest BCUT2D eigenvalue weighted by atomic mass is 10.1. The summed E-state index contributed by atoms with van der Waals surface area (Å²) in [4.78, 5) is 39.2. The van der Waals surface area contributed by atoms with Crippen LogP contribution in [0, 0.1) is 0 Å². The van der Waals surface area contributed by atoms with E-state index in [2.05, 4.69) is 0 Å². The summed E-state index contributed by atoms with van der Waals surface area (Å²) in [6.07, 6.45) is -5.59. The Morgan fingerprint density at radius 3 is 2.19 bits per heavy atom. The lowest BCUT2D eigenvalue weighted by Gasteiger charge is -2.35. The number of carbonyl (C=O) groups excluding carboxylic acids is 3. The van der Waals surface area contributed by atoms with E-state index in [1.165, 1.54) is 18.2 Å². The summed E-state index contributed by atoms with van der Waals surface area (Å²) in [6.45, 7) is 4.57. The number of rotatable bonds is 2. The minimum absolute atomic E-state index is 0.0880. The zero-order valence-electron chi connectivity index (χ0n) is 17.4. The highest BCUT2D eigenvalue weighted by molar-refractivity contribution is 6.21. The molecular weight excluding hydrogens is 429 g/mol. The third-order valence-electron chi connectivity index (χ3n) is 4.96. The number of benzene rings is 2. The van der Waals surface area contributed by atoms with Gasteiger partial charge in [-0.05, 0) is 45.0 Å². The number of hydrazine groups is 1. The molecule has 2 aromatic carbocycles. The molecule has 7 nitrogen and oxygen atoms in total. The van der Waals surface area contributed by atoms with Gasteiger partial charge in [-0.15, -0.1) is 0 Å². The predicted octanol–water partition coefficient (Wildman–Crippen LogP) is 4.59. The molecule has 0 fully saturated rings. The first-order valence-corrected chi connectivity index (χ1v) is 9.72. The van der Waals surface area contributed by atoms with Crippen LogP contribution >= 0.6 is 0 Å². The molecule has 0 saturated heterocycles. The summed E-state index contributed by atoms with van der Waals surface area (Å²) in [7, 11) is 0. The summed E-state index contributed by atoms with van der Waals surface area (Å²) in [5, 5.41) is 1.49. The number of carbonyl (C=O) groups is 3. The molecule has 0 spiro atoms. The van der Waals surface area contributed by atoms with Crippen LogP contribution in [0.5, 0.6) is 5.75 Å². The Bertz CT molecular complexity index is 1090. The van der Waals surface area contributed by atoms with Gasteiger partial charge in [-0.2, -0.15) is 23.2 Å². The van der Waals surface area contributed by atoms with Gasteiger partial charge in [0.05, 0.1) is 16.7 Å². The Kier molecular flexibility index (Phi) is 4.91. The van der Waals surface area contributed by atoms with Gasteiger partial charge in [0.2, 0.25) is 0 Å². The highest BCUT2D eigenvalue weighted by Gasteiger charge is 2.48. The maximum absolute atomic E-state index is 13.1. The average molecular weight is 448 g/mol. The van der Waals surface area contributed by atoms with E-state index in [-0.39, 0.29) is 29.0 Å². The Labute approximate surface area is 181 Å². The van der Waals surface area contributed by atoms with Crippen LogP contribution in [0.25, 0.3) is 0 Å². The third-order valence-corrected chi connectivity index (χ3v) is 4.96. The fourth-order valence-electron chi connectivity index (χ4n) is 3.60. The number of amides is 3. The van der Waals surface area contributed by atoms with Gasteiger partial charge in [0, 0.05) is 5.56 Å². The van der Waals surface area contributed by atoms with Crippen LogP contribution < -0.4 is 4.74 Å². The van der Waals surface area contributed by atoms with E-state index in [9.17, 15) is 27.6 Å². The number of fused-ring (bicyclic) bond motifs is 2. The molecule has 32 heavy (non-hydrogen) atoms. The van der Waals surface area contributed by atoms with Gasteiger partial charge in [0.1, 0.15) is 24.0 Å². The zero-order chi connectivity index (χ0) is 23.4. The van der Waals surface area contributed by atoms with Crippen molar-refractivity contribution in [2.24, 2.45) is 0 Å². The largest absolute Gasteiger partial charge is 0.491 e. The van der Waals surface area contributed by atoms with Crippen LogP contribution in [0.4, 0.5) is 18.0 Å². The average Bonchev–Trinajstić information content (AvgIpc) is 3.21. The van der Waals surface area contributed by atoms with Crippen LogP contribution in [0.15, 0.2) is 42.5 Å². The predicted molar refractivity (Wildman–Crippen MR) is 105 cm³/mol. The Morgan fingerprint density at radius 2 is 1.66 bits per heavy atom. The molecule has 2 aliphatic heterocycles. The van der Waals surface area contributed by atoms with E-state index < -0.39 is 41.3 Å². The van der Waals surface area contributed by atoms with Crippen LogP contribution in [0.3, 0.4) is 0 Å². The summed E-state index contributed by atoms with van der Waals surface area (Å²) in [5.41, 5.74) is -1.44. The van der Waals surface area contributed by atoms with Gasteiger partial charge in [-0.1, -0.05) is 18.2 Å². The molecule has 0 saturated carbocycles. The van der Waals surface area contributed by atoms with Gasteiger partial charge >= 0.3 is 12.3 Å². The fourth-order valence-corrected chi connectivity index (χ4v) is 3.60. The first kappa shape index (κ1) is 21.7. The first-order chi connectivity index (χ1) is 14.9. The molecule has 3 amide bonds. The summed E-state index contributed by atoms with van der Waals surface area (Å²) < 4.78 is 50.1. The molecule has 10 heteroatoms. The fraction of sp³-hybridized carbons (Fsp3) is 0.318. The quantitative estimate of drug-likeness (QED) is 0.629. The normalized spacial score (nSPS) is 17.7. The Hall–Kier alpha value is -3.56. The van der Waals surface area contributed by atoms with Crippen molar-refractivity contribution in [1.29, 1.82) is 0 Å². The number of hydrogen-bond acceptors (Lipinski definition) is 5. The molecule has 1 unspecified atom stereocenters. The van der Waals surface area contributed by atoms with Gasteiger partial charge in [0.15, 0.2) is 0 Å². The zero-order valence-corrected chi connectivity index (χ0v) is 17.4. The standard InChI is InChI=1S/C22H19F3N2O5/c1-21(2,3)32-20(30)26(27-18(28)13-6-4-5-7-14(13)19(27)29)16-11-31-17-10-12(22(23,24)25)8-9-15(16)17/h4-10,16H,11H2,1-3H3. The summed E-state index contributed by atoms with van der Waals surface area (Å²) in [6, 6.07) is 7.88. The lowest BCUT2D eigenvalue weighted by molar-refractivity contribution is -0.137. The highest BCUT2D eigenvalue weighted by Crippen LogP contribution is 2.42. The van der Waals surface area contributed by atoms with Crippen LogP contribution in [-0.2, 0) is 10.9 Å². The van der Waals surface area contributed by atoms with Gasteiger partial charge < -0.3 is 9.47 Å². The van der Waals surface area contributed by atoms with Crippen molar-refractivity contribution < 1.29 is 37.0 Å². The van der Waals surface area contributed by atoms with Crippen molar-refractivity contribution in [2.45, 2.75) is 38.6 Å². The minimum Gasteiger partial charge on any atom is -0.491 e. The monoisotopic (exact) mass is 448 g/mol. The molecule has 0 bridgehead atoms. The van der Waals surface area contributed by atoms with Gasteiger partial charge in [0.25, 0.3) is 11.8 Å². The van der Waals surface area contributed by atoms with E-state index in [0.29, 0.717) is 5.01 Å². The van der Waals surface area contributed by atoms with E-state index in [0.717, 1.165) is 17.1 Å². The van der Waals surface area contributed by atoms with Crippen molar-refractivity contribution >= 4 is 17.9 Å². The molecular formula is C22H19F3N2O5. The van der Waals surface area contributed by atoms with Crippen molar-refractivity contribution in [3.05, 3.63) is 64.7 Å². The summed E-state index contributed by atoms with van der Waals surface area (Å²) >= 11 is 0. The molecule has 0 radical (unpaired) electrons. The molecule has 2 aromatic rings. The SMILES string of the molecule is CC(C)(C)OC(=O)N(C1COc2cc(C(F)(F)F)ccc21)N1C(=O)c2ccccc2C1=O. The van der Waals surface area contributed by atoms with Crippen molar-refractivity contribution in [3.63, 3.8) is 0 Å². The number of nitrogens with zero attached hydrogens (tertiary/aromatic N) is 2. The van der Waals surface area contributed by atoms with Crippen molar-refractivity contribution in [1.82, 2.24) is 10.0 Å². The minimum atomic E-state index is -4.58. The smallest absolute Gasteiger partial charge is 0.430 e. The van der Waals surface area contributed by atoms with Crippen LogP contribution in [0.2, 0.25) is 0 Å². The second kappa shape index (κ2) is 7.25.